The van der Waals surface area contributed by atoms with Crippen molar-refractivity contribution in [1.29, 1.82) is 0 Å². The minimum absolute atomic E-state index is 0.0850. The number of rotatable bonds is 5. The molecule has 3 aromatic carbocycles. The molecule has 1 N–H and O–H groups in total. The van der Waals surface area contributed by atoms with Gasteiger partial charge in [-0.15, -0.1) is 0 Å². The number of carbonyl (C=O) groups is 2. The highest BCUT2D eigenvalue weighted by Crippen LogP contribution is 2.29. The first-order valence-electron chi connectivity index (χ1n) is 10.2. The fourth-order valence-electron chi connectivity index (χ4n) is 3.67. The number of hydrogen-bond acceptors (Lipinski definition) is 5. The van der Waals surface area contributed by atoms with Gasteiger partial charge in [-0.05, 0) is 23.8 Å². The van der Waals surface area contributed by atoms with E-state index in [1.54, 1.807) is 24.1 Å². The number of aliphatic imine (C=N–C) groups is 1. The molecule has 162 valence electrons. The molecule has 1 aliphatic rings. The van der Waals surface area contributed by atoms with Crippen LogP contribution in [0.25, 0.3) is 0 Å². The number of aldehydes is 1. The summed E-state index contributed by atoms with van der Waals surface area (Å²) in [5.41, 5.74) is 3.33. The molecular formula is C25H22FN3O3. The van der Waals surface area contributed by atoms with Gasteiger partial charge in [0.2, 0.25) is 0 Å². The van der Waals surface area contributed by atoms with Crippen LogP contribution in [0.5, 0.6) is 0 Å². The van der Waals surface area contributed by atoms with Gasteiger partial charge in [-0.1, -0.05) is 60.7 Å². The van der Waals surface area contributed by atoms with E-state index >= 15 is 0 Å². The van der Waals surface area contributed by atoms with Crippen LogP contribution in [0.15, 0.2) is 83.9 Å². The monoisotopic (exact) mass is 431 g/mol. The maximum Gasteiger partial charge on any atom is 0.409 e. The predicted octanol–water partition coefficient (Wildman–Crippen LogP) is 3.93. The second kappa shape index (κ2) is 9.43. The molecule has 0 aromatic heterocycles. The van der Waals surface area contributed by atoms with Crippen LogP contribution < -0.4 is 10.2 Å². The summed E-state index contributed by atoms with van der Waals surface area (Å²) in [5.74, 6) is -0.404. The fourth-order valence-corrected chi connectivity index (χ4v) is 3.67. The number of benzodiazepines with no additional fused rings is 1. The van der Waals surface area contributed by atoms with Gasteiger partial charge in [0.25, 0.3) is 0 Å². The minimum Gasteiger partial charge on any atom is -0.445 e. The first-order chi connectivity index (χ1) is 15.6. The average Bonchev–Trinajstić information content (AvgIpc) is 2.93. The van der Waals surface area contributed by atoms with Crippen molar-refractivity contribution in [1.82, 2.24) is 5.32 Å². The molecule has 0 saturated carbocycles. The maximum atomic E-state index is 14.0. The Bertz CT molecular complexity index is 1150. The van der Waals surface area contributed by atoms with Gasteiger partial charge in [-0.3, -0.25) is 10.3 Å². The molecule has 0 spiro atoms. The van der Waals surface area contributed by atoms with Crippen LogP contribution in [0, 0.1) is 5.82 Å². The van der Waals surface area contributed by atoms with Gasteiger partial charge in [0.15, 0.2) is 6.17 Å². The smallest absolute Gasteiger partial charge is 0.409 e. The number of amides is 1. The Balaban J connectivity index is 1.68. The molecule has 6 nitrogen and oxygen atoms in total. The normalized spacial score (nSPS) is 17.6. The average molecular weight is 431 g/mol. The SMILES string of the molecule is CN1c2ccccc2C(c2cccc(F)c2)=NC(NC(=O)OCc2ccccc2)C1C=O. The summed E-state index contributed by atoms with van der Waals surface area (Å²) < 4.78 is 19.3. The number of likely N-dealkylation sites (N-methyl/N-ethyl adjacent to an activating group) is 1. The van der Waals surface area contributed by atoms with Gasteiger partial charge >= 0.3 is 6.09 Å². The molecule has 7 heteroatoms. The van der Waals surface area contributed by atoms with E-state index in [-0.39, 0.29) is 6.61 Å². The Morgan fingerprint density at radius 1 is 1.09 bits per heavy atom. The number of fused-ring (bicyclic) bond motifs is 1. The molecule has 2 unspecified atom stereocenters. The third kappa shape index (κ3) is 4.51. The molecule has 0 saturated heterocycles. The van der Waals surface area contributed by atoms with E-state index in [9.17, 15) is 14.0 Å². The third-order valence-electron chi connectivity index (χ3n) is 5.29. The quantitative estimate of drug-likeness (QED) is 0.622. The molecule has 32 heavy (non-hydrogen) atoms. The summed E-state index contributed by atoms with van der Waals surface area (Å²) >= 11 is 0. The molecule has 4 rings (SSSR count). The molecular weight excluding hydrogens is 409 g/mol. The van der Waals surface area contributed by atoms with Crippen LogP contribution in [0.2, 0.25) is 0 Å². The van der Waals surface area contributed by atoms with Gasteiger partial charge in [0.1, 0.15) is 24.8 Å². The summed E-state index contributed by atoms with van der Waals surface area (Å²) in [7, 11) is 1.76. The molecule has 1 amide bonds. The van der Waals surface area contributed by atoms with Gasteiger partial charge in [0, 0.05) is 23.9 Å². The number of halogens is 1. The lowest BCUT2D eigenvalue weighted by molar-refractivity contribution is -0.109. The van der Waals surface area contributed by atoms with E-state index in [0.717, 1.165) is 23.1 Å². The van der Waals surface area contributed by atoms with Crippen molar-refractivity contribution in [2.75, 3.05) is 11.9 Å². The second-order valence-electron chi connectivity index (χ2n) is 7.39. The number of para-hydroxylation sites is 1. The lowest BCUT2D eigenvalue weighted by Gasteiger charge is -2.29. The molecule has 1 aliphatic heterocycles. The summed E-state index contributed by atoms with van der Waals surface area (Å²) in [6.45, 7) is 0.0850. The molecule has 2 atom stereocenters. The topological polar surface area (TPSA) is 71.0 Å². The lowest BCUT2D eigenvalue weighted by Crippen LogP contribution is -2.50. The molecule has 0 bridgehead atoms. The Labute approximate surface area is 185 Å². The second-order valence-corrected chi connectivity index (χ2v) is 7.39. The number of hydrogen-bond donors (Lipinski definition) is 1. The number of anilines is 1. The Morgan fingerprint density at radius 2 is 1.84 bits per heavy atom. The molecule has 0 fully saturated rings. The number of carbonyl (C=O) groups excluding carboxylic acids is 2. The van der Waals surface area contributed by atoms with Crippen molar-refractivity contribution in [3.05, 3.63) is 101 Å². The van der Waals surface area contributed by atoms with Crippen molar-refractivity contribution >= 4 is 23.8 Å². The zero-order valence-electron chi connectivity index (χ0n) is 17.4. The first kappa shape index (κ1) is 21.2. The van der Waals surface area contributed by atoms with E-state index in [1.807, 2.05) is 54.6 Å². The van der Waals surface area contributed by atoms with Crippen molar-refractivity contribution in [3.8, 4) is 0 Å². The van der Waals surface area contributed by atoms with E-state index < -0.39 is 24.1 Å². The highest BCUT2D eigenvalue weighted by atomic mass is 19.1. The third-order valence-corrected chi connectivity index (χ3v) is 5.29. The van der Waals surface area contributed by atoms with Gasteiger partial charge in [-0.25, -0.2) is 9.18 Å². The largest absolute Gasteiger partial charge is 0.445 e. The van der Waals surface area contributed by atoms with Gasteiger partial charge < -0.3 is 14.4 Å². The van der Waals surface area contributed by atoms with Gasteiger partial charge in [0.05, 0.1) is 5.71 Å². The lowest BCUT2D eigenvalue weighted by atomic mass is 10.00. The van der Waals surface area contributed by atoms with Crippen LogP contribution >= 0.6 is 0 Å². The first-order valence-corrected chi connectivity index (χ1v) is 10.2. The molecule has 0 radical (unpaired) electrons. The van der Waals surface area contributed by atoms with Crippen LogP contribution in [-0.4, -0.2) is 37.3 Å². The van der Waals surface area contributed by atoms with Crippen LogP contribution in [0.1, 0.15) is 16.7 Å². The number of benzene rings is 3. The predicted molar refractivity (Wildman–Crippen MR) is 120 cm³/mol. The fraction of sp³-hybridized carbons (Fsp3) is 0.160. The van der Waals surface area contributed by atoms with E-state index in [4.69, 9.17) is 9.73 Å². The Morgan fingerprint density at radius 3 is 2.59 bits per heavy atom. The number of ether oxygens (including phenoxy) is 1. The zero-order chi connectivity index (χ0) is 22.5. The number of alkyl carbamates (subject to hydrolysis) is 1. The molecule has 3 aromatic rings. The molecule has 0 aliphatic carbocycles. The maximum absolute atomic E-state index is 14.0. The van der Waals surface area contributed by atoms with E-state index in [1.165, 1.54) is 12.1 Å². The zero-order valence-corrected chi connectivity index (χ0v) is 17.4. The summed E-state index contributed by atoms with van der Waals surface area (Å²) in [5, 5.41) is 2.69. The Kier molecular flexibility index (Phi) is 6.26. The Hall–Kier alpha value is -4.00. The molecule has 1 heterocycles. The van der Waals surface area contributed by atoms with Crippen LogP contribution in [-0.2, 0) is 16.1 Å². The van der Waals surface area contributed by atoms with Crippen molar-refractivity contribution < 1.29 is 18.7 Å². The van der Waals surface area contributed by atoms with Crippen molar-refractivity contribution in [2.24, 2.45) is 4.99 Å². The van der Waals surface area contributed by atoms with E-state index in [2.05, 4.69) is 5.32 Å². The van der Waals surface area contributed by atoms with Gasteiger partial charge in [-0.2, -0.15) is 0 Å². The highest BCUT2D eigenvalue weighted by molar-refractivity contribution is 6.16. The minimum atomic E-state index is -0.938. The number of nitrogens with zero attached hydrogens (tertiary/aromatic N) is 2. The highest BCUT2D eigenvalue weighted by Gasteiger charge is 2.32. The standard InChI is InChI=1S/C25H22FN3O3/c1-29-21-13-6-5-12-20(21)23(18-10-7-11-19(26)14-18)27-24(22(29)15-30)28-25(31)32-16-17-8-3-2-4-9-17/h2-15,22,24H,16H2,1H3,(H,28,31). The van der Waals surface area contributed by atoms with Crippen LogP contribution in [0.4, 0.5) is 14.9 Å². The van der Waals surface area contributed by atoms with Crippen molar-refractivity contribution in [3.63, 3.8) is 0 Å². The summed E-state index contributed by atoms with van der Waals surface area (Å²) in [4.78, 5) is 31.0. The summed E-state index contributed by atoms with van der Waals surface area (Å²) in [6.07, 6.45) is -0.907. The number of nitrogens with one attached hydrogen (secondary N) is 1. The van der Waals surface area contributed by atoms with Crippen LogP contribution in [0.3, 0.4) is 0 Å². The van der Waals surface area contributed by atoms with E-state index in [0.29, 0.717) is 11.3 Å². The summed E-state index contributed by atoms with van der Waals surface area (Å²) in [6, 6.07) is 22.0. The van der Waals surface area contributed by atoms with Crippen molar-refractivity contribution in [2.45, 2.75) is 18.8 Å².